The molecule has 0 N–H and O–H groups in total. The molecule has 1 aromatic carbocycles. The maximum absolute atomic E-state index is 12.3. The zero-order chi connectivity index (χ0) is 14.5. The van der Waals surface area contributed by atoms with Crippen molar-refractivity contribution in [2.24, 2.45) is 0 Å². The smallest absolute Gasteiger partial charge is 0.321 e. The molecule has 1 aromatic rings. The molecule has 1 rings (SSSR count). The number of rotatable bonds is 6. The molecule has 0 heterocycles. The minimum absolute atomic E-state index is 0.110. The highest BCUT2D eigenvalue weighted by molar-refractivity contribution is 7.89. The molecule has 0 aliphatic heterocycles. The summed E-state index contributed by atoms with van der Waals surface area (Å²) in [7, 11) is -0.987. The van der Waals surface area contributed by atoms with E-state index in [4.69, 9.17) is 4.74 Å². The van der Waals surface area contributed by atoms with E-state index in [1.165, 1.54) is 26.4 Å². The molecule has 0 aliphatic rings. The number of carbonyl (C=O) groups excluding carboxylic acids is 1. The Morgan fingerprint density at radius 1 is 1.21 bits per heavy atom. The molecule has 0 fully saturated rings. The van der Waals surface area contributed by atoms with Gasteiger partial charge in [-0.15, -0.1) is 0 Å². The van der Waals surface area contributed by atoms with Crippen molar-refractivity contribution in [1.82, 2.24) is 4.31 Å². The van der Waals surface area contributed by atoms with Crippen LogP contribution in [0.1, 0.15) is 6.92 Å². The molecule has 0 amide bonds. The Hall–Kier alpha value is -1.60. The summed E-state index contributed by atoms with van der Waals surface area (Å²) in [5, 5.41) is 0. The van der Waals surface area contributed by atoms with Crippen LogP contribution in [0.3, 0.4) is 0 Å². The summed E-state index contributed by atoms with van der Waals surface area (Å²) in [4.78, 5) is 11.3. The normalized spacial score (nSPS) is 11.4. The first-order valence-electron chi connectivity index (χ1n) is 5.66. The van der Waals surface area contributed by atoms with Crippen molar-refractivity contribution in [2.75, 3.05) is 27.3 Å². The molecule has 0 saturated heterocycles. The first kappa shape index (κ1) is 15.5. The van der Waals surface area contributed by atoms with Crippen LogP contribution in [0.15, 0.2) is 29.2 Å². The molecule has 19 heavy (non-hydrogen) atoms. The molecule has 7 heteroatoms. The molecular weight excluding hydrogens is 270 g/mol. The first-order valence-corrected chi connectivity index (χ1v) is 7.10. The van der Waals surface area contributed by atoms with E-state index < -0.39 is 16.0 Å². The lowest BCUT2D eigenvalue weighted by Gasteiger charge is -2.19. The lowest BCUT2D eigenvalue weighted by Crippen LogP contribution is -2.36. The topological polar surface area (TPSA) is 72.9 Å². The summed E-state index contributed by atoms with van der Waals surface area (Å²) in [6, 6.07) is 5.99. The fraction of sp³-hybridized carbons (Fsp3) is 0.417. The Labute approximate surface area is 113 Å². The van der Waals surface area contributed by atoms with E-state index in [1.807, 2.05) is 0 Å². The Kier molecular flexibility index (Phi) is 5.31. The summed E-state index contributed by atoms with van der Waals surface area (Å²) in [6.45, 7) is 1.54. The van der Waals surface area contributed by atoms with E-state index in [0.717, 1.165) is 4.31 Å². The van der Waals surface area contributed by atoms with Gasteiger partial charge in [0, 0.05) is 6.54 Å². The molecule has 0 atom stereocenters. The monoisotopic (exact) mass is 287 g/mol. The van der Waals surface area contributed by atoms with Gasteiger partial charge in [0.1, 0.15) is 12.3 Å². The number of nitrogens with zero attached hydrogens (tertiary/aromatic N) is 1. The van der Waals surface area contributed by atoms with Gasteiger partial charge in [0.15, 0.2) is 0 Å². The predicted molar refractivity (Wildman–Crippen MR) is 69.4 cm³/mol. The van der Waals surface area contributed by atoms with Gasteiger partial charge >= 0.3 is 5.97 Å². The average Bonchev–Trinajstić information content (AvgIpc) is 2.44. The van der Waals surface area contributed by atoms with E-state index in [2.05, 4.69) is 4.74 Å². The highest BCUT2D eigenvalue weighted by Gasteiger charge is 2.25. The number of esters is 1. The van der Waals surface area contributed by atoms with E-state index in [9.17, 15) is 13.2 Å². The van der Waals surface area contributed by atoms with Crippen LogP contribution in [0.2, 0.25) is 0 Å². The molecule has 0 spiro atoms. The van der Waals surface area contributed by atoms with Gasteiger partial charge in [0.25, 0.3) is 0 Å². The number of carbonyl (C=O) groups is 1. The van der Waals surface area contributed by atoms with Crippen LogP contribution in [0, 0.1) is 0 Å². The van der Waals surface area contributed by atoms with Gasteiger partial charge in [-0.1, -0.05) is 6.92 Å². The van der Waals surface area contributed by atoms with Crippen LogP contribution in [0.5, 0.6) is 5.75 Å². The number of methoxy groups -OCH3 is 2. The van der Waals surface area contributed by atoms with E-state index in [0.29, 0.717) is 5.75 Å². The highest BCUT2D eigenvalue weighted by Crippen LogP contribution is 2.19. The van der Waals surface area contributed by atoms with Gasteiger partial charge in [0.2, 0.25) is 10.0 Å². The molecule has 0 aromatic heterocycles. The highest BCUT2D eigenvalue weighted by atomic mass is 32.2. The minimum Gasteiger partial charge on any atom is -0.497 e. The van der Waals surface area contributed by atoms with Crippen molar-refractivity contribution in [3.8, 4) is 5.75 Å². The van der Waals surface area contributed by atoms with Crippen LogP contribution in [-0.2, 0) is 19.6 Å². The van der Waals surface area contributed by atoms with Crippen molar-refractivity contribution in [3.63, 3.8) is 0 Å². The van der Waals surface area contributed by atoms with Crippen molar-refractivity contribution in [3.05, 3.63) is 24.3 Å². The number of likely N-dealkylation sites (N-methyl/N-ethyl adjacent to an activating group) is 1. The molecule has 0 unspecified atom stereocenters. The van der Waals surface area contributed by atoms with Crippen molar-refractivity contribution >= 4 is 16.0 Å². The fourth-order valence-electron chi connectivity index (χ4n) is 1.47. The Bertz CT molecular complexity index is 524. The second-order valence-electron chi connectivity index (χ2n) is 3.68. The first-order chi connectivity index (χ1) is 8.95. The van der Waals surface area contributed by atoms with Crippen molar-refractivity contribution in [1.29, 1.82) is 0 Å². The van der Waals surface area contributed by atoms with Gasteiger partial charge < -0.3 is 9.47 Å². The van der Waals surface area contributed by atoms with E-state index >= 15 is 0 Å². The lowest BCUT2D eigenvalue weighted by atomic mass is 10.3. The summed E-state index contributed by atoms with van der Waals surface area (Å²) < 4.78 is 35.1. The van der Waals surface area contributed by atoms with Crippen LogP contribution >= 0.6 is 0 Å². The Morgan fingerprint density at radius 3 is 2.21 bits per heavy atom. The van der Waals surface area contributed by atoms with Crippen LogP contribution in [0.4, 0.5) is 0 Å². The molecule has 0 aliphatic carbocycles. The molecule has 0 radical (unpaired) electrons. The second kappa shape index (κ2) is 6.53. The maximum Gasteiger partial charge on any atom is 0.321 e. The van der Waals surface area contributed by atoms with Gasteiger partial charge in [-0.25, -0.2) is 8.42 Å². The number of benzene rings is 1. The number of hydrogen-bond donors (Lipinski definition) is 0. The second-order valence-corrected chi connectivity index (χ2v) is 5.62. The molecular formula is C12H17NO5S. The standard InChI is InChI=1S/C12H17NO5S/c1-4-13(9-12(14)18-3)19(15,16)11-7-5-10(17-2)6-8-11/h5-8H,4,9H2,1-3H3. The third-order valence-electron chi connectivity index (χ3n) is 2.58. The lowest BCUT2D eigenvalue weighted by molar-refractivity contribution is -0.140. The van der Waals surface area contributed by atoms with Crippen molar-refractivity contribution in [2.45, 2.75) is 11.8 Å². The Morgan fingerprint density at radius 2 is 1.79 bits per heavy atom. The SMILES string of the molecule is CCN(CC(=O)OC)S(=O)(=O)c1ccc(OC)cc1. The van der Waals surface area contributed by atoms with Gasteiger partial charge in [0.05, 0.1) is 19.1 Å². The summed E-state index contributed by atoms with van der Waals surface area (Å²) in [6.07, 6.45) is 0. The summed E-state index contributed by atoms with van der Waals surface area (Å²) >= 11 is 0. The predicted octanol–water partition coefficient (Wildman–Crippen LogP) is 0.879. The third kappa shape index (κ3) is 3.68. The zero-order valence-corrected chi connectivity index (χ0v) is 11.9. The molecule has 0 saturated carbocycles. The van der Waals surface area contributed by atoms with E-state index in [-0.39, 0.29) is 18.0 Å². The Balaban J connectivity index is 3.02. The average molecular weight is 287 g/mol. The third-order valence-corrected chi connectivity index (χ3v) is 4.52. The minimum atomic E-state index is -3.70. The maximum atomic E-state index is 12.3. The molecule has 106 valence electrons. The van der Waals surface area contributed by atoms with Crippen LogP contribution in [-0.4, -0.2) is 46.0 Å². The summed E-state index contributed by atoms with van der Waals surface area (Å²) in [5.41, 5.74) is 0. The van der Waals surface area contributed by atoms with Gasteiger partial charge in [-0.05, 0) is 24.3 Å². The van der Waals surface area contributed by atoms with E-state index in [1.54, 1.807) is 19.1 Å². The largest absolute Gasteiger partial charge is 0.497 e. The number of hydrogen-bond acceptors (Lipinski definition) is 5. The number of ether oxygens (including phenoxy) is 2. The van der Waals surface area contributed by atoms with Gasteiger partial charge in [-0.3, -0.25) is 4.79 Å². The zero-order valence-electron chi connectivity index (χ0n) is 11.1. The molecule has 0 bridgehead atoms. The fourth-order valence-corrected chi connectivity index (χ4v) is 2.87. The van der Waals surface area contributed by atoms with Gasteiger partial charge in [-0.2, -0.15) is 4.31 Å². The van der Waals surface area contributed by atoms with Crippen molar-refractivity contribution < 1.29 is 22.7 Å². The summed E-state index contributed by atoms with van der Waals surface area (Å²) in [5.74, 6) is -0.0334. The molecule has 6 nitrogen and oxygen atoms in total. The quantitative estimate of drug-likeness (QED) is 0.726. The van der Waals surface area contributed by atoms with Crippen LogP contribution < -0.4 is 4.74 Å². The number of sulfonamides is 1. The van der Waals surface area contributed by atoms with Crippen LogP contribution in [0.25, 0.3) is 0 Å².